The topological polar surface area (TPSA) is 78.3 Å². The average molecular weight is 297 g/mol. The first-order valence-electron chi connectivity index (χ1n) is 7.22. The zero-order valence-electron chi connectivity index (χ0n) is 12.9. The number of methoxy groups -OCH3 is 1. The van der Waals surface area contributed by atoms with Crippen molar-refractivity contribution in [2.24, 2.45) is 11.7 Å². The molecule has 22 heavy (non-hydrogen) atoms. The summed E-state index contributed by atoms with van der Waals surface area (Å²) in [5.41, 5.74) is 8.73. The Balaban J connectivity index is 2.05. The fourth-order valence-electron chi connectivity index (χ4n) is 2.23. The summed E-state index contributed by atoms with van der Waals surface area (Å²) in [6.07, 6.45) is 0. The van der Waals surface area contributed by atoms with Crippen LogP contribution in [0.15, 0.2) is 36.4 Å². The highest BCUT2D eigenvalue weighted by atomic mass is 16.5. The van der Waals surface area contributed by atoms with Crippen LogP contribution in [-0.2, 0) is 0 Å². The number of aromatic nitrogens is 4. The highest BCUT2D eigenvalue weighted by Gasteiger charge is 2.18. The summed E-state index contributed by atoms with van der Waals surface area (Å²) in [6.45, 7) is 4.11. The first kappa shape index (κ1) is 14.5. The number of hydrogen-bond acceptors (Lipinski definition) is 5. The lowest BCUT2D eigenvalue weighted by Gasteiger charge is -2.13. The van der Waals surface area contributed by atoms with Crippen LogP contribution in [0.25, 0.3) is 16.9 Å². The van der Waals surface area contributed by atoms with Crippen LogP contribution in [0.5, 0.6) is 5.75 Å². The Morgan fingerprint density at radius 1 is 1.05 bits per heavy atom. The summed E-state index contributed by atoms with van der Waals surface area (Å²) in [7, 11) is 1.65. The summed E-state index contributed by atoms with van der Waals surface area (Å²) in [4.78, 5) is 0. The lowest BCUT2D eigenvalue weighted by molar-refractivity contribution is 0.415. The summed E-state index contributed by atoms with van der Waals surface area (Å²) >= 11 is 0. The third-order valence-corrected chi connectivity index (χ3v) is 3.69. The average Bonchev–Trinajstić information content (AvgIpc) is 2.97. The van der Waals surface area contributed by atoms with E-state index in [1.165, 1.54) is 0 Å². The molecular formula is C16H19N5O. The van der Waals surface area contributed by atoms with Crippen LogP contribution in [0.1, 0.15) is 25.7 Å². The highest BCUT2D eigenvalue weighted by molar-refractivity contribution is 5.61. The lowest BCUT2D eigenvalue weighted by atomic mass is 10.1. The molecule has 0 aliphatic carbocycles. The van der Waals surface area contributed by atoms with E-state index < -0.39 is 0 Å². The number of nitrogens with two attached hydrogens (primary N) is 1. The second kappa shape index (κ2) is 5.73. The van der Waals surface area contributed by atoms with Crippen LogP contribution in [0.2, 0.25) is 0 Å². The number of benzene rings is 1. The van der Waals surface area contributed by atoms with Crippen molar-refractivity contribution >= 4 is 5.65 Å². The zero-order chi connectivity index (χ0) is 15.7. The summed E-state index contributed by atoms with van der Waals surface area (Å²) < 4.78 is 6.90. The molecule has 0 unspecified atom stereocenters. The summed E-state index contributed by atoms with van der Waals surface area (Å²) in [6, 6.07) is 11.4. The molecule has 0 spiro atoms. The normalized spacial score (nSPS) is 12.8. The van der Waals surface area contributed by atoms with Crippen molar-refractivity contribution in [3.05, 3.63) is 42.2 Å². The van der Waals surface area contributed by atoms with Gasteiger partial charge in [-0.05, 0) is 42.3 Å². The monoisotopic (exact) mass is 297 g/mol. The van der Waals surface area contributed by atoms with Crippen molar-refractivity contribution in [1.82, 2.24) is 19.8 Å². The molecule has 1 aromatic carbocycles. The van der Waals surface area contributed by atoms with Crippen LogP contribution in [0, 0.1) is 5.92 Å². The summed E-state index contributed by atoms with van der Waals surface area (Å²) in [5.74, 6) is 1.76. The third kappa shape index (κ3) is 2.53. The van der Waals surface area contributed by atoms with E-state index in [0.717, 1.165) is 17.0 Å². The van der Waals surface area contributed by atoms with Gasteiger partial charge in [-0.1, -0.05) is 13.8 Å². The zero-order valence-corrected chi connectivity index (χ0v) is 12.9. The van der Waals surface area contributed by atoms with E-state index >= 15 is 0 Å². The number of rotatable bonds is 4. The van der Waals surface area contributed by atoms with Gasteiger partial charge in [0.25, 0.3) is 0 Å². The first-order chi connectivity index (χ1) is 10.6. The van der Waals surface area contributed by atoms with Crippen molar-refractivity contribution in [1.29, 1.82) is 0 Å². The van der Waals surface area contributed by atoms with Gasteiger partial charge in [-0.2, -0.15) is 9.61 Å². The smallest absolute Gasteiger partial charge is 0.178 e. The minimum atomic E-state index is -0.200. The quantitative estimate of drug-likeness (QED) is 0.800. The SMILES string of the molecule is COc1ccc(-c2ccc3nnc([C@H](N)C(C)C)n3n2)cc1. The molecular weight excluding hydrogens is 278 g/mol. The van der Waals surface area contributed by atoms with E-state index in [1.807, 2.05) is 36.4 Å². The molecule has 2 heterocycles. The van der Waals surface area contributed by atoms with Crippen molar-refractivity contribution in [3.63, 3.8) is 0 Å². The maximum Gasteiger partial charge on any atom is 0.178 e. The van der Waals surface area contributed by atoms with Crippen molar-refractivity contribution < 1.29 is 4.74 Å². The minimum absolute atomic E-state index is 0.200. The van der Waals surface area contributed by atoms with E-state index in [0.29, 0.717) is 11.5 Å². The van der Waals surface area contributed by atoms with E-state index in [-0.39, 0.29) is 12.0 Å². The van der Waals surface area contributed by atoms with E-state index in [2.05, 4.69) is 29.1 Å². The highest BCUT2D eigenvalue weighted by Crippen LogP contribution is 2.22. The van der Waals surface area contributed by atoms with E-state index in [1.54, 1.807) is 11.6 Å². The first-order valence-corrected chi connectivity index (χ1v) is 7.22. The molecule has 0 bridgehead atoms. The molecule has 0 radical (unpaired) electrons. The van der Waals surface area contributed by atoms with Crippen molar-refractivity contribution in [2.75, 3.05) is 7.11 Å². The van der Waals surface area contributed by atoms with Gasteiger partial charge in [0.15, 0.2) is 11.5 Å². The minimum Gasteiger partial charge on any atom is -0.497 e. The number of ether oxygens (including phenoxy) is 1. The van der Waals surface area contributed by atoms with Gasteiger partial charge in [-0.15, -0.1) is 10.2 Å². The second-order valence-corrected chi connectivity index (χ2v) is 5.55. The predicted octanol–water partition coefficient (Wildman–Crippen LogP) is 2.46. The van der Waals surface area contributed by atoms with E-state index in [9.17, 15) is 0 Å². The number of nitrogens with zero attached hydrogens (tertiary/aromatic N) is 4. The molecule has 2 aromatic heterocycles. The maximum absolute atomic E-state index is 6.20. The Hall–Kier alpha value is -2.47. The molecule has 2 N–H and O–H groups in total. The molecule has 0 aliphatic heterocycles. The molecule has 0 saturated heterocycles. The Morgan fingerprint density at radius 2 is 1.77 bits per heavy atom. The molecule has 114 valence electrons. The van der Waals surface area contributed by atoms with Gasteiger partial charge >= 0.3 is 0 Å². The van der Waals surface area contributed by atoms with Gasteiger partial charge < -0.3 is 10.5 Å². The van der Waals surface area contributed by atoms with Gasteiger partial charge in [-0.3, -0.25) is 0 Å². The fraction of sp³-hybridized carbons (Fsp3) is 0.312. The van der Waals surface area contributed by atoms with Crippen molar-refractivity contribution in [2.45, 2.75) is 19.9 Å². The Morgan fingerprint density at radius 3 is 2.41 bits per heavy atom. The molecule has 0 amide bonds. The molecule has 3 rings (SSSR count). The molecule has 0 saturated carbocycles. The molecule has 0 fully saturated rings. The van der Waals surface area contributed by atoms with Crippen molar-refractivity contribution in [3.8, 4) is 17.0 Å². The van der Waals surface area contributed by atoms with Gasteiger partial charge in [0, 0.05) is 5.56 Å². The number of fused-ring (bicyclic) bond motifs is 1. The predicted molar refractivity (Wildman–Crippen MR) is 84.5 cm³/mol. The maximum atomic E-state index is 6.20. The van der Waals surface area contributed by atoms with E-state index in [4.69, 9.17) is 10.5 Å². The summed E-state index contributed by atoms with van der Waals surface area (Å²) in [5, 5.41) is 13.0. The Bertz CT molecular complexity index is 779. The van der Waals surface area contributed by atoms with Crippen LogP contribution in [-0.4, -0.2) is 26.9 Å². The Kier molecular flexibility index (Phi) is 3.77. The molecule has 0 aliphatic rings. The van der Waals surface area contributed by atoms with Gasteiger partial charge in [-0.25, -0.2) is 0 Å². The fourth-order valence-corrected chi connectivity index (χ4v) is 2.23. The lowest BCUT2D eigenvalue weighted by Crippen LogP contribution is -2.20. The standard InChI is InChI=1S/C16H19N5O/c1-10(2)15(17)16-19-18-14-9-8-13(20-21(14)16)11-4-6-12(22-3)7-5-11/h4-10,15H,17H2,1-3H3/t15-/m1/s1. The van der Waals surface area contributed by atoms with Crippen LogP contribution in [0.4, 0.5) is 0 Å². The molecule has 3 aromatic rings. The Labute approximate surface area is 128 Å². The number of hydrogen-bond donors (Lipinski definition) is 1. The van der Waals surface area contributed by atoms with Gasteiger partial charge in [0.2, 0.25) is 0 Å². The van der Waals surface area contributed by atoms with Crippen LogP contribution >= 0.6 is 0 Å². The van der Waals surface area contributed by atoms with Gasteiger partial charge in [0.1, 0.15) is 5.75 Å². The molecule has 6 heteroatoms. The van der Waals surface area contributed by atoms with Crippen LogP contribution in [0.3, 0.4) is 0 Å². The van der Waals surface area contributed by atoms with Gasteiger partial charge in [0.05, 0.1) is 18.8 Å². The second-order valence-electron chi connectivity index (χ2n) is 5.55. The third-order valence-electron chi connectivity index (χ3n) is 3.69. The largest absolute Gasteiger partial charge is 0.497 e. The molecule has 6 nitrogen and oxygen atoms in total. The molecule has 1 atom stereocenters. The van der Waals surface area contributed by atoms with Crippen LogP contribution < -0.4 is 10.5 Å².